The monoisotopic (exact) mass is 242 g/mol. The van der Waals surface area contributed by atoms with Crippen molar-refractivity contribution in [3.63, 3.8) is 0 Å². The highest BCUT2D eigenvalue weighted by atomic mass is 35.5. The van der Waals surface area contributed by atoms with Crippen LogP contribution in [0.15, 0.2) is 24.3 Å². The topological polar surface area (TPSA) is 75.3 Å². The summed E-state index contributed by atoms with van der Waals surface area (Å²) < 4.78 is 0. The van der Waals surface area contributed by atoms with Gasteiger partial charge in [0, 0.05) is 18.1 Å². The maximum Gasteiger partial charge on any atom is 0.320 e. The molecule has 0 aliphatic rings. The first-order valence-electron chi connectivity index (χ1n) is 5.00. The van der Waals surface area contributed by atoms with E-state index < -0.39 is 12.0 Å². The zero-order valence-electron chi connectivity index (χ0n) is 8.82. The number of hydrogen-bond donors (Lipinski definition) is 3. The summed E-state index contributed by atoms with van der Waals surface area (Å²) in [6.07, 6.45) is 0.325. The largest absolute Gasteiger partial charge is 0.480 e. The van der Waals surface area contributed by atoms with Crippen molar-refractivity contribution in [1.82, 2.24) is 0 Å². The lowest BCUT2D eigenvalue weighted by Crippen LogP contribution is -2.32. The molecule has 88 valence electrons. The Morgan fingerprint density at radius 2 is 2.31 bits per heavy atom. The lowest BCUT2D eigenvalue weighted by molar-refractivity contribution is -0.138. The number of nitrogens with one attached hydrogen (secondary N) is 1. The summed E-state index contributed by atoms with van der Waals surface area (Å²) in [5.74, 6) is -0.460. The van der Waals surface area contributed by atoms with E-state index in [-0.39, 0.29) is 0 Å². The molecule has 0 radical (unpaired) electrons. The number of rotatable bonds is 6. The number of carboxylic acids is 1. The molecular weight excluding hydrogens is 228 g/mol. The van der Waals surface area contributed by atoms with E-state index in [4.69, 9.17) is 22.4 Å². The van der Waals surface area contributed by atoms with Gasteiger partial charge in [0.1, 0.15) is 6.04 Å². The molecule has 1 rings (SSSR count). The molecule has 0 aliphatic carbocycles. The first-order valence-corrected chi connectivity index (χ1v) is 5.54. The van der Waals surface area contributed by atoms with Gasteiger partial charge < -0.3 is 16.2 Å². The number of alkyl halides is 1. The predicted molar refractivity (Wildman–Crippen MR) is 65.0 cm³/mol. The number of carboxylic acid groups (broad SMARTS) is 1. The summed E-state index contributed by atoms with van der Waals surface area (Å²) in [6, 6.07) is 6.65. The van der Waals surface area contributed by atoms with Crippen LogP contribution in [0.3, 0.4) is 0 Å². The Kier molecular flexibility index (Phi) is 5.08. The van der Waals surface area contributed by atoms with Crippen LogP contribution in [0.2, 0.25) is 0 Å². The molecule has 0 spiro atoms. The van der Waals surface area contributed by atoms with Crippen LogP contribution in [0.5, 0.6) is 0 Å². The summed E-state index contributed by atoms with van der Waals surface area (Å²) in [7, 11) is 0. The fraction of sp³-hybridized carbons (Fsp3) is 0.364. The van der Waals surface area contributed by atoms with Gasteiger partial charge in [-0.1, -0.05) is 12.1 Å². The minimum atomic E-state index is -0.987. The maximum atomic E-state index is 10.6. The van der Waals surface area contributed by atoms with E-state index in [1.54, 1.807) is 0 Å². The predicted octanol–water partition coefficient (Wildman–Crippen LogP) is 1.29. The first kappa shape index (κ1) is 12.8. The number of carbonyl (C=O) groups is 1. The van der Waals surface area contributed by atoms with Crippen LogP contribution >= 0.6 is 11.6 Å². The second-order valence-corrected chi connectivity index (χ2v) is 3.84. The highest BCUT2D eigenvalue weighted by Gasteiger charge is 2.11. The Bertz CT molecular complexity index is 358. The average Bonchev–Trinajstić information content (AvgIpc) is 2.26. The Morgan fingerprint density at radius 3 is 2.94 bits per heavy atom. The van der Waals surface area contributed by atoms with Gasteiger partial charge in [-0.3, -0.25) is 4.79 Å². The summed E-state index contributed by atoms with van der Waals surface area (Å²) in [4.78, 5) is 10.6. The average molecular weight is 243 g/mol. The smallest absolute Gasteiger partial charge is 0.320 e. The van der Waals surface area contributed by atoms with Crippen LogP contribution in [0.25, 0.3) is 0 Å². The van der Waals surface area contributed by atoms with E-state index in [0.29, 0.717) is 18.8 Å². The third kappa shape index (κ3) is 4.08. The molecule has 1 aromatic rings. The van der Waals surface area contributed by atoms with E-state index in [9.17, 15) is 4.79 Å². The second-order valence-electron chi connectivity index (χ2n) is 3.46. The number of halogens is 1. The zero-order valence-corrected chi connectivity index (χ0v) is 9.57. The van der Waals surface area contributed by atoms with E-state index >= 15 is 0 Å². The number of hydrogen-bond acceptors (Lipinski definition) is 3. The van der Waals surface area contributed by atoms with Crippen molar-refractivity contribution < 1.29 is 9.90 Å². The minimum absolute atomic E-state index is 0.325. The molecule has 0 amide bonds. The number of anilines is 1. The van der Waals surface area contributed by atoms with Crippen molar-refractivity contribution in [2.24, 2.45) is 5.73 Å². The minimum Gasteiger partial charge on any atom is -0.480 e. The first-order chi connectivity index (χ1) is 7.63. The maximum absolute atomic E-state index is 10.6. The number of nitrogens with two attached hydrogens (primary N) is 1. The van der Waals surface area contributed by atoms with Gasteiger partial charge in [-0.25, -0.2) is 0 Å². The van der Waals surface area contributed by atoms with Crippen LogP contribution in [0.4, 0.5) is 5.69 Å². The van der Waals surface area contributed by atoms with Gasteiger partial charge in [-0.05, 0) is 24.1 Å². The second kappa shape index (κ2) is 6.35. The van der Waals surface area contributed by atoms with Crippen LogP contribution in [0.1, 0.15) is 5.56 Å². The van der Waals surface area contributed by atoms with Crippen LogP contribution in [0, 0.1) is 0 Å². The highest BCUT2D eigenvalue weighted by molar-refractivity contribution is 6.18. The Morgan fingerprint density at radius 1 is 1.56 bits per heavy atom. The lowest BCUT2D eigenvalue weighted by Gasteiger charge is -2.09. The standard InChI is InChI=1S/C11H15ClN2O2/c12-4-5-14-9-3-1-2-8(6-9)7-10(13)11(15)16/h1-3,6,10,14H,4-5,7,13H2,(H,15,16)/t10-/m0/s1. The molecule has 0 fully saturated rings. The molecule has 0 aliphatic heterocycles. The van der Waals surface area contributed by atoms with Gasteiger partial charge in [0.25, 0.3) is 0 Å². The molecule has 0 heterocycles. The molecule has 0 aromatic heterocycles. The fourth-order valence-corrected chi connectivity index (χ4v) is 1.44. The molecule has 1 aromatic carbocycles. The summed E-state index contributed by atoms with van der Waals surface area (Å²) in [5.41, 5.74) is 7.28. The fourth-order valence-electron chi connectivity index (χ4n) is 1.34. The molecule has 0 saturated carbocycles. The Balaban J connectivity index is 2.63. The quantitative estimate of drug-likeness (QED) is 0.657. The van der Waals surface area contributed by atoms with E-state index in [1.165, 1.54) is 0 Å². The summed E-state index contributed by atoms with van der Waals surface area (Å²) in [5, 5.41) is 11.8. The third-order valence-electron chi connectivity index (χ3n) is 2.12. The van der Waals surface area contributed by atoms with Crippen molar-refractivity contribution in [3.05, 3.63) is 29.8 Å². The van der Waals surface area contributed by atoms with Crippen molar-refractivity contribution in [2.45, 2.75) is 12.5 Å². The van der Waals surface area contributed by atoms with Gasteiger partial charge in [0.15, 0.2) is 0 Å². The van der Waals surface area contributed by atoms with Gasteiger partial charge in [-0.15, -0.1) is 11.6 Å². The normalized spacial score (nSPS) is 12.1. The molecule has 4 N–H and O–H groups in total. The SMILES string of the molecule is N[C@@H](Cc1cccc(NCCCl)c1)C(=O)O. The summed E-state index contributed by atoms with van der Waals surface area (Å²) >= 11 is 5.56. The van der Waals surface area contributed by atoms with E-state index in [1.807, 2.05) is 24.3 Å². The van der Waals surface area contributed by atoms with E-state index in [0.717, 1.165) is 11.3 Å². The van der Waals surface area contributed by atoms with Gasteiger partial charge in [0.05, 0.1) is 0 Å². The van der Waals surface area contributed by atoms with Crippen LogP contribution < -0.4 is 11.1 Å². The molecule has 16 heavy (non-hydrogen) atoms. The van der Waals surface area contributed by atoms with Crippen molar-refractivity contribution in [1.29, 1.82) is 0 Å². The van der Waals surface area contributed by atoms with Gasteiger partial charge in [-0.2, -0.15) is 0 Å². The molecule has 4 nitrogen and oxygen atoms in total. The van der Waals surface area contributed by atoms with Crippen LogP contribution in [-0.4, -0.2) is 29.5 Å². The zero-order chi connectivity index (χ0) is 12.0. The Hall–Kier alpha value is -1.26. The highest BCUT2D eigenvalue weighted by Crippen LogP contribution is 2.11. The molecular formula is C11H15ClN2O2. The molecule has 0 bridgehead atoms. The number of benzene rings is 1. The van der Waals surface area contributed by atoms with Gasteiger partial charge >= 0.3 is 5.97 Å². The molecule has 5 heteroatoms. The van der Waals surface area contributed by atoms with Crippen molar-refractivity contribution in [3.8, 4) is 0 Å². The lowest BCUT2D eigenvalue weighted by atomic mass is 10.1. The third-order valence-corrected chi connectivity index (χ3v) is 2.31. The van der Waals surface area contributed by atoms with Crippen LogP contribution in [-0.2, 0) is 11.2 Å². The molecule has 0 unspecified atom stereocenters. The van der Waals surface area contributed by atoms with E-state index in [2.05, 4.69) is 5.32 Å². The van der Waals surface area contributed by atoms with Crippen molar-refractivity contribution >= 4 is 23.3 Å². The molecule has 0 saturated heterocycles. The Labute approximate surface area is 99.4 Å². The molecule has 1 atom stereocenters. The summed E-state index contributed by atoms with van der Waals surface area (Å²) in [6.45, 7) is 0.677. The van der Waals surface area contributed by atoms with Gasteiger partial charge in [0.2, 0.25) is 0 Å². The van der Waals surface area contributed by atoms with Crippen molar-refractivity contribution in [2.75, 3.05) is 17.7 Å². The number of aliphatic carboxylic acids is 1.